The van der Waals surface area contributed by atoms with Crippen LogP contribution in [0.25, 0.3) is 0 Å². The molecule has 0 saturated heterocycles. The van der Waals surface area contributed by atoms with Crippen molar-refractivity contribution in [2.45, 2.75) is 43.5 Å². The van der Waals surface area contributed by atoms with E-state index in [1.54, 1.807) is 0 Å². The van der Waals surface area contributed by atoms with Crippen LogP contribution in [0.1, 0.15) is 39.5 Å². The molecule has 53 valence electrons. The topological polar surface area (TPSA) is 0 Å². The van der Waals surface area contributed by atoms with Crippen LogP contribution in [0.4, 0.5) is 0 Å². The van der Waals surface area contributed by atoms with Gasteiger partial charge in [-0.15, -0.1) is 0 Å². The van der Waals surface area contributed by atoms with Crippen LogP contribution in [0.3, 0.4) is 0 Å². The maximum absolute atomic E-state index is 2.32. The van der Waals surface area contributed by atoms with E-state index in [0.29, 0.717) is 0 Å². The molecule has 0 aromatic heterocycles. The van der Waals surface area contributed by atoms with E-state index in [-0.39, 0.29) is 0 Å². The molecular weight excluding hydrogens is 303 g/mol. The van der Waals surface area contributed by atoms with Crippen molar-refractivity contribution < 1.29 is 0 Å². The third-order valence-electron chi connectivity index (χ3n) is 1.83. The molecule has 0 N–H and O–H groups in total. The molecule has 1 heteroatoms. The van der Waals surface area contributed by atoms with Gasteiger partial charge in [-0.1, -0.05) is 0 Å². The summed E-state index contributed by atoms with van der Waals surface area (Å²) in [5.74, 6) is 1.07. The second kappa shape index (κ2) is 7.03. The van der Waals surface area contributed by atoms with Gasteiger partial charge in [0.15, 0.2) is 0 Å². The molecule has 9 heavy (non-hydrogen) atoms. The van der Waals surface area contributed by atoms with E-state index in [2.05, 4.69) is 13.8 Å². The van der Waals surface area contributed by atoms with E-state index in [1.165, 1.54) is 55.4 Å². The first-order valence-electron chi connectivity index (χ1n) is 3.99. The van der Waals surface area contributed by atoms with Crippen molar-refractivity contribution >= 4 is 25.8 Å². The predicted molar refractivity (Wildman–Crippen MR) is 43.9 cm³/mol. The molecule has 0 rings (SSSR count). The van der Waals surface area contributed by atoms with Gasteiger partial charge in [0, 0.05) is 0 Å². The summed E-state index contributed by atoms with van der Waals surface area (Å²) in [4.78, 5) is 0. The zero-order valence-corrected chi connectivity index (χ0v) is 10.5. The summed E-state index contributed by atoms with van der Waals surface area (Å²) in [6.45, 7) is 4.60. The average Bonchev–Trinajstić information content (AvgIpc) is 1.91. The zero-order valence-electron chi connectivity index (χ0n) is 6.61. The summed E-state index contributed by atoms with van der Waals surface area (Å²) >= 11 is 1.40. The van der Waals surface area contributed by atoms with Gasteiger partial charge in [0.1, 0.15) is 0 Å². The van der Waals surface area contributed by atoms with Crippen molar-refractivity contribution in [3.63, 3.8) is 0 Å². The summed E-state index contributed by atoms with van der Waals surface area (Å²) in [7, 11) is 0. The van der Waals surface area contributed by atoms with E-state index in [9.17, 15) is 0 Å². The SMILES string of the molecule is CCCCC(CC)[CH2][Pb]. The van der Waals surface area contributed by atoms with Crippen LogP contribution in [0.5, 0.6) is 0 Å². The predicted octanol–water partition coefficient (Wildman–Crippen LogP) is 2.79. The molecular formula is C8H17Pb. The summed E-state index contributed by atoms with van der Waals surface area (Å²) in [5.41, 5.74) is 0. The summed E-state index contributed by atoms with van der Waals surface area (Å²) in [5, 5.41) is 0. The normalized spacial score (nSPS) is 13.7. The van der Waals surface area contributed by atoms with Gasteiger partial charge < -0.3 is 0 Å². The first-order chi connectivity index (χ1) is 4.35. The Morgan fingerprint density at radius 3 is 2.33 bits per heavy atom. The van der Waals surface area contributed by atoms with Gasteiger partial charge in [0.25, 0.3) is 0 Å². The maximum atomic E-state index is 2.32. The van der Waals surface area contributed by atoms with Crippen molar-refractivity contribution in [2.75, 3.05) is 0 Å². The fourth-order valence-electron chi connectivity index (χ4n) is 0.943. The fourth-order valence-corrected chi connectivity index (χ4v) is 2.86. The molecule has 0 amide bonds. The zero-order chi connectivity index (χ0) is 7.11. The Morgan fingerprint density at radius 1 is 1.33 bits per heavy atom. The molecule has 0 aliphatic carbocycles. The van der Waals surface area contributed by atoms with Gasteiger partial charge in [-0.25, -0.2) is 0 Å². The van der Waals surface area contributed by atoms with Gasteiger partial charge in [-0.05, 0) is 0 Å². The molecule has 0 aromatic rings. The first-order valence-corrected chi connectivity index (χ1v) is 6.74. The van der Waals surface area contributed by atoms with E-state index in [1.807, 2.05) is 0 Å². The molecule has 0 bridgehead atoms. The Morgan fingerprint density at radius 2 is 2.00 bits per heavy atom. The third-order valence-corrected chi connectivity index (χ3v) is 4.08. The summed E-state index contributed by atoms with van der Waals surface area (Å²) in [6.07, 6.45) is 5.71. The van der Waals surface area contributed by atoms with Gasteiger partial charge in [0.2, 0.25) is 0 Å². The molecule has 0 nitrogen and oxygen atoms in total. The van der Waals surface area contributed by atoms with Crippen molar-refractivity contribution in [3.8, 4) is 0 Å². The molecule has 0 spiro atoms. The van der Waals surface area contributed by atoms with Crippen LogP contribution >= 0.6 is 0 Å². The fraction of sp³-hybridized carbons (Fsp3) is 1.00. The Bertz CT molecular complexity index is 48.5. The standard InChI is InChI=1S/C8H17.Pb/c1-4-6-7-8(3)5-2;/h8H,3-7H2,1-2H3;. The van der Waals surface area contributed by atoms with E-state index < -0.39 is 0 Å². The van der Waals surface area contributed by atoms with E-state index in [4.69, 9.17) is 0 Å². The van der Waals surface area contributed by atoms with E-state index >= 15 is 0 Å². The number of hydrogen-bond acceptors (Lipinski definition) is 0. The van der Waals surface area contributed by atoms with Crippen LogP contribution in [-0.2, 0) is 0 Å². The van der Waals surface area contributed by atoms with Crippen LogP contribution in [-0.4, -0.2) is 25.8 Å². The van der Waals surface area contributed by atoms with Gasteiger partial charge in [0.05, 0.1) is 0 Å². The minimum absolute atomic E-state index is 1.07. The van der Waals surface area contributed by atoms with Crippen LogP contribution < -0.4 is 0 Å². The van der Waals surface area contributed by atoms with E-state index in [0.717, 1.165) is 5.92 Å². The molecule has 3 radical (unpaired) electrons. The molecule has 0 heterocycles. The van der Waals surface area contributed by atoms with Gasteiger partial charge in [-0.3, -0.25) is 0 Å². The third kappa shape index (κ3) is 5.37. The molecule has 0 aliphatic heterocycles. The van der Waals surface area contributed by atoms with Crippen molar-refractivity contribution in [1.82, 2.24) is 0 Å². The number of hydrogen-bond donors (Lipinski definition) is 0. The second-order valence-electron chi connectivity index (χ2n) is 2.62. The molecule has 0 saturated carbocycles. The minimum atomic E-state index is 1.07. The Hall–Kier alpha value is 0.922. The van der Waals surface area contributed by atoms with Gasteiger partial charge in [-0.2, -0.15) is 0 Å². The molecule has 1 atom stereocenters. The quantitative estimate of drug-likeness (QED) is 0.683. The van der Waals surface area contributed by atoms with Crippen molar-refractivity contribution in [3.05, 3.63) is 0 Å². The summed E-state index contributed by atoms with van der Waals surface area (Å²) in [6, 6.07) is 0. The van der Waals surface area contributed by atoms with Crippen LogP contribution in [0, 0.1) is 5.92 Å². The average molecular weight is 320 g/mol. The van der Waals surface area contributed by atoms with Crippen molar-refractivity contribution in [1.29, 1.82) is 0 Å². The molecule has 0 aliphatic rings. The number of rotatable bonds is 5. The van der Waals surface area contributed by atoms with Crippen LogP contribution in [0.15, 0.2) is 0 Å². The Kier molecular flexibility index (Phi) is 7.75. The molecule has 0 fully saturated rings. The second-order valence-corrected chi connectivity index (χ2v) is 4.21. The Labute approximate surface area is 75.1 Å². The van der Waals surface area contributed by atoms with Crippen molar-refractivity contribution in [2.24, 2.45) is 5.92 Å². The molecule has 0 aromatic carbocycles. The monoisotopic (exact) mass is 321 g/mol. The van der Waals surface area contributed by atoms with Crippen LogP contribution in [0.2, 0.25) is 3.98 Å². The Balaban J connectivity index is 3.09. The number of unbranched alkanes of at least 4 members (excludes halogenated alkanes) is 1. The first kappa shape index (κ1) is 9.92. The summed E-state index contributed by atoms with van der Waals surface area (Å²) < 4.78 is 1.51. The molecule has 1 unspecified atom stereocenters. The van der Waals surface area contributed by atoms with Gasteiger partial charge >= 0.3 is 75.2 Å².